The van der Waals surface area contributed by atoms with Crippen molar-refractivity contribution < 1.29 is 13.2 Å². The van der Waals surface area contributed by atoms with Crippen LogP contribution >= 0.6 is 24.0 Å². The van der Waals surface area contributed by atoms with Crippen LogP contribution in [-0.2, 0) is 14.6 Å². The van der Waals surface area contributed by atoms with E-state index in [9.17, 15) is 13.2 Å². The molecule has 0 atom stereocenters. The van der Waals surface area contributed by atoms with E-state index in [1.165, 1.54) is 0 Å². The lowest BCUT2D eigenvalue weighted by Gasteiger charge is -2.34. The van der Waals surface area contributed by atoms with Gasteiger partial charge in [0.15, 0.2) is 15.8 Å². The smallest absolute Gasteiger partial charge is 0.225 e. The molecule has 0 aromatic carbocycles. The van der Waals surface area contributed by atoms with Crippen molar-refractivity contribution in [3.05, 3.63) is 0 Å². The lowest BCUT2D eigenvalue weighted by atomic mass is 9.98. The minimum Gasteiger partial charge on any atom is -0.357 e. The second-order valence-electron chi connectivity index (χ2n) is 8.45. The molecule has 1 amide bonds. The van der Waals surface area contributed by atoms with Crippen molar-refractivity contribution in [2.24, 2.45) is 10.9 Å². The number of guanidine groups is 1. The van der Waals surface area contributed by atoms with Gasteiger partial charge in [-0.2, -0.15) is 0 Å². The molecule has 9 heteroatoms. The summed E-state index contributed by atoms with van der Waals surface area (Å²) in [5.41, 5.74) is 0. The summed E-state index contributed by atoms with van der Waals surface area (Å²) in [5, 5.41) is 6.59. The molecule has 0 saturated carbocycles. The Balaban J connectivity index is 0.00000784. The molecule has 1 rings (SSSR count). The minimum absolute atomic E-state index is 0. The van der Waals surface area contributed by atoms with E-state index in [1.54, 1.807) is 20.8 Å². The van der Waals surface area contributed by atoms with Crippen LogP contribution in [-0.4, -0.2) is 67.9 Å². The Kier molecular flexibility index (Phi) is 12.7. The molecule has 0 bridgehead atoms. The SMILES string of the molecule is CCNC(=NCCS(=O)(=O)C(C)(C)C)NC1CCN(C(=O)C(CC)CC)CC1.I. The normalized spacial score (nSPS) is 16.5. The van der Waals surface area contributed by atoms with Crippen molar-refractivity contribution in [2.75, 3.05) is 31.9 Å². The number of aliphatic imine (C=N–C) groups is 1. The van der Waals surface area contributed by atoms with E-state index in [1.807, 2.05) is 11.8 Å². The molecule has 29 heavy (non-hydrogen) atoms. The number of likely N-dealkylation sites (tertiary alicyclic amines) is 1. The molecule has 0 aromatic rings. The Bertz CT molecular complexity index is 620. The number of hydrogen-bond donors (Lipinski definition) is 2. The molecule has 172 valence electrons. The summed E-state index contributed by atoms with van der Waals surface area (Å²) in [5.74, 6) is 1.09. The van der Waals surface area contributed by atoms with Crippen LogP contribution in [0.25, 0.3) is 0 Å². The molecular weight excluding hydrogens is 503 g/mol. The molecule has 1 heterocycles. The Labute approximate surface area is 194 Å². The topological polar surface area (TPSA) is 90.9 Å². The third-order valence-electron chi connectivity index (χ3n) is 5.39. The zero-order valence-corrected chi connectivity index (χ0v) is 22.1. The molecule has 0 unspecified atom stereocenters. The zero-order chi connectivity index (χ0) is 21.4. The average molecular weight is 545 g/mol. The number of carbonyl (C=O) groups excluding carboxylic acids is 1. The van der Waals surface area contributed by atoms with Crippen molar-refractivity contribution in [3.8, 4) is 0 Å². The number of amides is 1. The number of halogens is 1. The molecule has 0 radical (unpaired) electrons. The van der Waals surface area contributed by atoms with Crippen LogP contribution in [0.5, 0.6) is 0 Å². The summed E-state index contributed by atoms with van der Waals surface area (Å²) < 4.78 is 23.7. The molecule has 1 saturated heterocycles. The average Bonchev–Trinajstić information content (AvgIpc) is 2.62. The van der Waals surface area contributed by atoms with E-state index < -0.39 is 14.6 Å². The summed E-state index contributed by atoms with van der Waals surface area (Å²) in [6.07, 6.45) is 3.53. The highest BCUT2D eigenvalue weighted by Gasteiger charge is 2.29. The predicted octanol–water partition coefficient (Wildman–Crippen LogP) is 2.80. The molecule has 1 aliphatic rings. The van der Waals surface area contributed by atoms with Gasteiger partial charge in [0.1, 0.15) is 0 Å². The van der Waals surface area contributed by atoms with Crippen molar-refractivity contribution in [1.29, 1.82) is 0 Å². The maximum absolute atomic E-state index is 12.5. The van der Waals surface area contributed by atoms with Crippen molar-refractivity contribution in [3.63, 3.8) is 0 Å². The highest BCUT2D eigenvalue weighted by atomic mass is 127. The third-order valence-corrected chi connectivity index (χ3v) is 7.98. The van der Waals surface area contributed by atoms with Crippen LogP contribution in [0.2, 0.25) is 0 Å². The number of rotatable bonds is 8. The fourth-order valence-electron chi connectivity index (χ4n) is 3.24. The van der Waals surface area contributed by atoms with Gasteiger partial charge in [-0.3, -0.25) is 9.79 Å². The number of sulfone groups is 1. The molecule has 0 aliphatic carbocycles. The van der Waals surface area contributed by atoms with Crippen LogP contribution in [0.1, 0.15) is 67.2 Å². The molecule has 0 aromatic heterocycles. The van der Waals surface area contributed by atoms with Crippen LogP contribution in [0.15, 0.2) is 4.99 Å². The first-order valence-electron chi connectivity index (χ1n) is 10.6. The lowest BCUT2D eigenvalue weighted by molar-refractivity contribution is -0.136. The van der Waals surface area contributed by atoms with Crippen LogP contribution in [0, 0.1) is 5.92 Å². The van der Waals surface area contributed by atoms with Gasteiger partial charge in [-0.1, -0.05) is 13.8 Å². The summed E-state index contributed by atoms with van der Waals surface area (Å²) in [6, 6.07) is 0.239. The van der Waals surface area contributed by atoms with Gasteiger partial charge in [-0.05, 0) is 53.4 Å². The fraction of sp³-hybridized carbons (Fsp3) is 0.900. The van der Waals surface area contributed by atoms with E-state index in [-0.39, 0.29) is 54.1 Å². The zero-order valence-electron chi connectivity index (χ0n) is 19.0. The maximum atomic E-state index is 12.5. The first kappa shape index (κ1) is 28.4. The standard InChI is InChI=1S/C20H40N4O3S.HI/c1-7-16(8-2)18(25)24-13-10-17(11-14-24)23-19(21-9-3)22-12-15-28(26,27)20(4,5)6;/h16-17H,7-15H2,1-6H3,(H2,21,22,23);1H. The Morgan fingerprint density at radius 3 is 2.14 bits per heavy atom. The highest BCUT2D eigenvalue weighted by Crippen LogP contribution is 2.18. The Hall–Kier alpha value is -0.580. The van der Waals surface area contributed by atoms with E-state index in [0.717, 1.165) is 38.8 Å². The predicted molar refractivity (Wildman–Crippen MR) is 132 cm³/mol. The van der Waals surface area contributed by atoms with Crippen molar-refractivity contribution >= 4 is 45.7 Å². The van der Waals surface area contributed by atoms with Gasteiger partial charge >= 0.3 is 0 Å². The van der Waals surface area contributed by atoms with Crippen LogP contribution in [0.4, 0.5) is 0 Å². The molecule has 2 N–H and O–H groups in total. The summed E-state index contributed by atoms with van der Waals surface area (Å²) >= 11 is 0. The lowest BCUT2D eigenvalue weighted by Crippen LogP contribution is -2.50. The number of nitrogens with one attached hydrogen (secondary N) is 2. The molecular formula is C20H41IN4O3S. The van der Waals surface area contributed by atoms with Gasteiger partial charge < -0.3 is 15.5 Å². The molecule has 1 fully saturated rings. The maximum Gasteiger partial charge on any atom is 0.225 e. The Morgan fingerprint density at radius 1 is 1.14 bits per heavy atom. The Morgan fingerprint density at radius 2 is 1.69 bits per heavy atom. The van der Waals surface area contributed by atoms with Crippen LogP contribution < -0.4 is 10.6 Å². The van der Waals surface area contributed by atoms with E-state index in [0.29, 0.717) is 12.5 Å². The highest BCUT2D eigenvalue weighted by molar-refractivity contribution is 14.0. The molecule has 0 spiro atoms. The number of carbonyl (C=O) groups is 1. The fourth-order valence-corrected chi connectivity index (χ4v) is 4.18. The van der Waals surface area contributed by atoms with Crippen molar-refractivity contribution in [2.45, 2.75) is 78.0 Å². The first-order chi connectivity index (χ1) is 13.1. The summed E-state index contributed by atoms with van der Waals surface area (Å²) in [4.78, 5) is 19.0. The van der Waals surface area contributed by atoms with E-state index >= 15 is 0 Å². The van der Waals surface area contributed by atoms with E-state index in [4.69, 9.17) is 0 Å². The largest absolute Gasteiger partial charge is 0.357 e. The monoisotopic (exact) mass is 544 g/mol. The number of piperidine rings is 1. The minimum atomic E-state index is -3.18. The van der Waals surface area contributed by atoms with Gasteiger partial charge in [0, 0.05) is 31.6 Å². The molecule has 7 nitrogen and oxygen atoms in total. The second kappa shape index (κ2) is 13.0. The van der Waals surface area contributed by atoms with E-state index in [2.05, 4.69) is 29.5 Å². The van der Waals surface area contributed by atoms with Gasteiger partial charge in [-0.15, -0.1) is 24.0 Å². The number of nitrogens with zero attached hydrogens (tertiary/aromatic N) is 2. The first-order valence-corrected chi connectivity index (χ1v) is 12.3. The van der Waals surface area contributed by atoms with Gasteiger partial charge in [0.25, 0.3) is 0 Å². The third kappa shape index (κ3) is 8.98. The quantitative estimate of drug-likeness (QED) is 0.279. The van der Waals surface area contributed by atoms with Gasteiger partial charge in [0.2, 0.25) is 5.91 Å². The van der Waals surface area contributed by atoms with Crippen LogP contribution in [0.3, 0.4) is 0 Å². The number of hydrogen-bond acceptors (Lipinski definition) is 4. The second-order valence-corrected chi connectivity index (χ2v) is 11.3. The summed E-state index contributed by atoms with van der Waals surface area (Å²) in [7, 11) is -3.18. The van der Waals surface area contributed by atoms with Crippen molar-refractivity contribution in [1.82, 2.24) is 15.5 Å². The van der Waals surface area contributed by atoms with Gasteiger partial charge in [-0.25, -0.2) is 8.42 Å². The molecule has 1 aliphatic heterocycles. The van der Waals surface area contributed by atoms with Gasteiger partial charge in [0.05, 0.1) is 17.0 Å². The summed E-state index contributed by atoms with van der Waals surface area (Å²) in [6.45, 7) is 13.7.